The van der Waals surface area contributed by atoms with E-state index in [2.05, 4.69) is 4.99 Å². The van der Waals surface area contributed by atoms with E-state index in [0.29, 0.717) is 4.99 Å². The molecule has 1 heterocycles. The van der Waals surface area contributed by atoms with Gasteiger partial charge in [-0.2, -0.15) is 0 Å². The molecule has 0 atom stereocenters. The summed E-state index contributed by atoms with van der Waals surface area (Å²) in [4.78, 5) is 5.12. The van der Waals surface area contributed by atoms with E-state index in [1.165, 1.54) is 0 Å². The monoisotopic (exact) mass is 239 g/mol. The van der Waals surface area contributed by atoms with Gasteiger partial charge < -0.3 is 0 Å². The van der Waals surface area contributed by atoms with E-state index in [0.717, 1.165) is 21.4 Å². The van der Waals surface area contributed by atoms with Crippen molar-refractivity contribution in [2.24, 2.45) is 4.99 Å². The highest BCUT2D eigenvalue weighted by Gasteiger charge is 2.10. The minimum absolute atomic E-state index is 0.697. The van der Waals surface area contributed by atoms with Crippen LogP contribution in [-0.4, -0.2) is 20.9 Å². The van der Waals surface area contributed by atoms with Crippen molar-refractivity contribution in [3.8, 4) is 0 Å². The van der Waals surface area contributed by atoms with Gasteiger partial charge in [-0.3, -0.25) is 0 Å². The first-order chi connectivity index (χ1) is 6.86. The van der Waals surface area contributed by atoms with E-state index in [1.807, 2.05) is 30.3 Å². The zero-order chi connectivity index (χ0) is 9.80. The molecule has 72 valence electrons. The number of hydrogen-bond donors (Lipinski definition) is 0. The smallest absolute Gasteiger partial charge is 0.135 e. The molecule has 1 aliphatic rings. The summed E-state index contributed by atoms with van der Waals surface area (Å²) in [5, 5.41) is 0. The molecule has 0 N–H and O–H groups in total. The molecule has 0 spiro atoms. The highest BCUT2D eigenvalue weighted by Crippen LogP contribution is 2.26. The van der Waals surface area contributed by atoms with Gasteiger partial charge in [-0.05, 0) is 0 Å². The Labute approximate surface area is 97.4 Å². The third-order valence-corrected chi connectivity index (χ3v) is 4.53. The van der Waals surface area contributed by atoms with Gasteiger partial charge in [0.1, 0.15) is 9.36 Å². The van der Waals surface area contributed by atoms with Crippen molar-refractivity contribution in [3.63, 3.8) is 0 Å². The lowest BCUT2D eigenvalue weighted by Gasteiger charge is -1.98. The van der Waals surface area contributed by atoms with Crippen molar-refractivity contribution >= 4 is 45.1 Å². The van der Waals surface area contributed by atoms with Gasteiger partial charge in [-0.15, -0.1) is 0 Å². The van der Waals surface area contributed by atoms with E-state index < -0.39 is 0 Å². The fourth-order valence-electron chi connectivity index (χ4n) is 1.09. The van der Waals surface area contributed by atoms with Crippen LogP contribution >= 0.6 is 35.7 Å². The van der Waals surface area contributed by atoms with Crippen LogP contribution in [0, 0.1) is 0 Å². The fraction of sp³-hybridized carbons (Fsp3) is 0.200. The van der Waals surface area contributed by atoms with Crippen molar-refractivity contribution in [1.82, 2.24) is 0 Å². The largest absolute Gasteiger partial charge is 0.223 e. The second-order valence-corrected chi connectivity index (χ2v) is 5.56. The van der Waals surface area contributed by atoms with Crippen LogP contribution in [0.25, 0.3) is 0 Å². The quantitative estimate of drug-likeness (QED) is 0.698. The Bertz CT molecular complexity index is 351. The van der Waals surface area contributed by atoms with Crippen molar-refractivity contribution in [3.05, 3.63) is 35.9 Å². The number of hydrogen-bond acceptors (Lipinski definition) is 3. The Morgan fingerprint density at radius 1 is 1.14 bits per heavy atom. The van der Waals surface area contributed by atoms with Crippen molar-refractivity contribution < 1.29 is 0 Å². The van der Waals surface area contributed by atoms with E-state index >= 15 is 0 Å². The summed E-state index contributed by atoms with van der Waals surface area (Å²) in [6.07, 6.45) is 0. The number of thiocarbonyl (C=S) groups is 1. The third-order valence-electron chi connectivity index (χ3n) is 1.75. The van der Waals surface area contributed by atoms with Gasteiger partial charge >= 0.3 is 0 Å². The van der Waals surface area contributed by atoms with Crippen LogP contribution in [0.4, 0.5) is 0 Å². The number of thioether (sulfide) groups is 2. The van der Waals surface area contributed by atoms with Crippen molar-refractivity contribution in [1.29, 1.82) is 0 Å². The van der Waals surface area contributed by atoms with Gasteiger partial charge in [-0.1, -0.05) is 66.1 Å². The minimum atomic E-state index is 0.697. The molecule has 1 aliphatic heterocycles. The van der Waals surface area contributed by atoms with Gasteiger partial charge in [0.2, 0.25) is 0 Å². The molecule has 0 bridgehead atoms. The highest BCUT2D eigenvalue weighted by molar-refractivity contribution is 8.41. The summed E-state index contributed by atoms with van der Waals surface area (Å²) in [7, 11) is 0. The zero-order valence-corrected chi connectivity index (χ0v) is 9.92. The topological polar surface area (TPSA) is 12.4 Å². The molecule has 1 nitrogen and oxygen atoms in total. The van der Waals surface area contributed by atoms with Gasteiger partial charge in [-0.25, -0.2) is 4.99 Å². The summed E-state index contributed by atoms with van der Waals surface area (Å²) in [5.41, 5.74) is 1.03. The normalized spacial score (nSPS) is 15.6. The molecule has 14 heavy (non-hydrogen) atoms. The van der Waals surface area contributed by atoms with Crippen LogP contribution in [0.2, 0.25) is 0 Å². The summed E-state index contributed by atoms with van der Waals surface area (Å²) >= 11 is 8.82. The molecule has 0 aliphatic carbocycles. The SMILES string of the molecule is S=C(N=C1SCCS1)c1ccccc1. The van der Waals surface area contributed by atoms with Crippen LogP contribution in [0.5, 0.6) is 0 Å². The molecule has 1 aromatic rings. The maximum absolute atomic E-state index is 5.24. The van der Waals surface area contributed by atoms with E-state index in [4.69, 9.17) is 12.2 Å². The maximum atomic E-state index is 5.24. The molecule has 1 fully saturated rings. The molecule has 1 saturated heterocycles. The molecular weight excluding hydrogens is 230 g/mol. The summed E-state index contributed by atoms with van der Waals surface area (Å²) in [5.74, 6) is 2.31. The molecule has 1 aromatic carbocycles. The van der Waals surface area contributed by atoms with Crippen LogP contribution in [-0.2, 0) is 0 Å². The Kier molecular flexibility index (Phi) is 3.61. The predicted octanol–water partition coefficient (Wildman–Crippen LogP) is 3.20. The van der Waals surface area contributed by atoms with Gasteiger partial charge in [0.15, 0.2) is 0 Å². The van der Waals surface area contributed by atoms with Crippen LogP contribution in [0.15, 0.2) is 35.3 Å². The maximum Gasteiger partial charge on any atom is 0.135 e. The fourth-order valence-corrected chi connectivity index (χ4v) is 3.60. The zero-order valence-electron chi connectivity index (χ0n) is 7.47. The van der Waals surface area contributed by atoms with Crippen LogP contribution in [0.1, 0.15) is 5.56 Å². The molecule has 0 unspecified atom stereocenters. The molecule has 4 heteroatoms. The lowest BCUT2D eigenvalue weighted by atomic mass is 10.2. The number of rotatable bonds is 1. The van der Waals surface area contributed by atoms with E-state index in [9.17, 15) is 0 Å². The minimum Gasteiger partial charge on any atom is -0.223 e. The molecule has 2 rings (SSSR count). The summed E-state index contributed by atoms with van der Waals surface area (Å²) in [6.45, 7) is 0. The first kappa shape index (κ1) is 10.2. The van der Waals surface area contributed by atoms with E-state index in [-0.39, 0.29) is 0 Å². The first-order valence-corrected chi connectivity index (χ1v) is 6.68. The Balaban J connectivity index is 2.13. The first-order valence-electron chi connectivity index (χ1n) is 4.30. The van der Waals surface area contributed by atoms with Crippen molar-refractivity contribution in [2.45, 2.75) is 0 Å². The molecule has 0 saturated carbocycles. The Hall–Kier alpha value is -0.320. The number of aliphatic imine (C=N–C) groups is 1. The number of nitrogens with zero attached hydrogens (tertiary/aromatic N) is 1. The Morgan fingerprint density at radius 3 is 2.43 bits per heavy atom. The summed E-state index contributed by atoms with van der Waals surface area (Å²) in [6, 6.07) is 9.94. The van der Waals surface area contributed by atoms with Crippen LogP contribution < -0.4 is 0 Å². The van der Waals surface area contributed by atoms with Gasteiger partial charge in [0, 0.05) is 17.1 Å². The highest BCUT2D eigenvalue weighted by atomic mass is 32.2. The average molecular weight is 239 g/mol. The third kappa shape index (κ3) is 2.59. The van der Waals surface area contributed by atoms with E-state index in [1.54, 1.807) is 23.5 Å². The molecular formula is C10H9NS3. The lowest BCUT2D eigenvalue weighted by Crippen LogP contribution is -1.94. The second kappa shape index (κ2) is 4.96. The summed E-state index contributed by atoms with van der Waals surface area (Å²) < 4.78 is 1.11. The van der Waals surface area contributed by atoms with Crippen LogP contribution in [0.3, 0.4) is 0 Å². The predicted molar refractivity (Wildman–Crippen MR) is 70.5 cm³/mol. The second-order valence-electron chi connectivity index (χ2n) is 2.75. The molecule has 0 aromatic heterocycles. The Morgan fingerprint density at radius 2 is 1.79 bits per heavy atom. The molecule has 0 amide bonds. The van der Waals surface area contributed by atoms with Gasteiger partial charge in [0.25, 0.3) is 0 Å². The molecule has 0 radical (unpaired) electrons. The van der Waals surface area contributed by atoms with Crippen molar-refractivity contribution in [2.75, 3.05) is 11.5 Å². The number of benzene rings is 1. The lowest BCUT2D eigenvalue weighted by molar-refractivity contribution is 1.59. The van der Waals surface area contributed by atoms with Gasteiger partial charge in [0.05, 0.1) is 0 Å². The average Bonchev–Trinajstić information content (AvgIpc) is 2.72. The standard InChI is InChI=1S/C10H9NS3/c12-9(8-4-2-1-3-5-8)11-10-13-6-7-14-10/h1-5H,6-7H2.